The molecule has 2 aromatic rings. The second-order valence-electron chi connectivity index (χ2n) is 4.51. The Balaban J connectivity index is 2.20. The second-order valence-corrected chi connectivity index (χ2v) is 6.69. The summed E-state index contributed by atoms with van der Waals surface area (Å²) in [5, 5.41) is 14.7. The van der Waals surface area contributed by atoms with E-state index in [0.717, 1.165) is 21.3 Å². The molecule has 0 aromatic heterocycles. The van der Waals surface area contributed by atoms with Crippen LogP contribution in [0.25, 0.3) is 0 Å². The lowest BCUT2D eigenvalue weighted by molar-refractivity contribution is -0.385. The largest absolute Gasteiger partial charge is 0.380 e. The molecule has 0 saturated carbocycles. The number of halogens is 3. The topological polar surface area (TPSA) is 55.2 Å². The molecule has 0 fully saturated rings. The zero-order chi connectivity index (χ0) is 15.6. The van der Waals surface area contributed by atoms with Crippen LogP contribution in [0.5, 0.6) is 0 Å². The van der Waals surface area contributed by atoms with Gasteiger partial charge in [0, 0.05) is 32.6 Å². The van der Waals surface area contributed by atoms with E-state index in [4.69, 9.17) is 11.6 Å². The fraction of sp³-hybridized carbons (Fsp3) is 0.143. The third kappa shape index (κ3) is 4.18. The first-order chi connectivity index (χ1) is 9.86. The van der Waals surface area contributed by atoms with E-state index in [2.05, 4.69) is 37.2 Å². The van der Waals surface area contributed by atoms with E-state index in [0.29, 0.717) is 16.0 Å². The molecule has 0 saturated heterocycles. The first kappa shape index (κ1) is 16.3. The van der Waals surface area contributed by atoms with Gasteiger partial charge < -0.3 is 5.32 Å². The van der Waals surface area contributed by atoms with E-state index in [1.807, 2.05) is 25.1 Å². The molecule has 0 bridgehead atoms. The van der Waals surface area contributed by atoms with E-state index < -0.39 is 4.92 Å². The van der Waals surface area contributed by atoms with Crippen molar-refractivity contribution in [3.63, 3.8) is 0 Å². The van der Waals surface area contributed by atoms with E-state index in [9.17, 15) is 10.1 Å². The molecular weight excluding hydrogens is 423 g/mol. The van der Waals surface area contributed by atoms with Crippen molar-refractivity contribution < 1.29 is 4.92 Å². The summed E-state index contributed by atoms with van der Waals surface area (Å²) in [6, 6.07) is 8.61. The normalized spacial score (nSPS) is 10.5. The van der Waals surface area contributed by atoms with Crippen molar-refractivity contribution in [3.8, 4) is 0 Å². The molecule has 0 unspecified atom stereocenters. The molecule has 7 heteroatoms. The first-order valence-corrected chi connectivity index (χ1v) is 7.96. The number of hydrogen-bond donors (Lipinski definition) is 1. The summed E-state index contributed by atoms with van der Waals surface area (Å²) in [4.78, 5) is 10.4. The van der Waals surface area contributed by atoms with Gasteiger partial charge >= 0.3 is 0 Å². The van der Waals surface area contributed by atoms with Gasteiger partial charge in [0.2, 0.25) is 0 Å². The number of non-ortho nitro benzene ring substituents is 1. The highest BCUT2D eigenvalue weighted by atomic mass is 79.9. The van der Waals surface area contributed by atoms with Gasteiger partial charge in [-0.3, -0.25) is 10.1 Å². The Bertz CT molecular complexity index is 708. The fourth-order valence-electron chi connectivity index (χ4n) is 1.82. The van der Waals surface area contributed by atoms with Crippen LogP contribution in [0.15, 0.2) is 39.3 Å². The predicted molar refractivity (Wildman–Crippen MR) is 92.0 cm³/mol. The van der Waals surface area contributed by atoms with E-state index in [1.165, 1.54) is 6.07 Å². The molecule has 0 spiro atoms. The number of nitrogens with one attached hydrogen (secondary N) is 1. The molecule has 0 radical (unpaired) electrons. The van der Waals surface area contributed by atoms with Crippen LogP contribution < -0.4 is 5.32 Å². The van der Waals surface area contributed by atoms with Gasteiger partial charge in [-0.25, -0.2) is 0 Å². The van der Waals surface area contributed by atoms with E-state index in [-0.39, 0.29) is 5.69 Å². The zero-order valence-corrected chi connectivity index (χ0v) is 14.9. The lowest BCUT2D eigenvalue weighted by Crippen LogP contribution is -2.01. The second kappa shape index (κ2) is 6.77. The van der Waals surface area contributed by atoms with E-state index >= 15 is 0 Å². The quantitative estimate of drug-likeness (QED) is 0.497. The molecule has 2 rings (SSSR count). The van der Waals surface area contributed by atoms with E-state index in [1.54, 1.807) is 6.07 Å². The summed E-state index contributed by atoms with van der Waals surface area (Å²) in [6.45, 7) is 2.38. The van der Waals surface area contributed by atoms with Crippen LogP contribution in [0.3, 0.4) is 0 Å². The minimum Gasteiger partial charge on any atom is -0.380 e. The lowest BCUT2D eigenvalue weighted by Gasteiger charge is -2.11. The number of benzene rings is 2. The van der Waals surface area contributed by atoms with Crippen molar-refractivity contribution in [2.75, 3.05) is 5.32 Å². The third-order valence-corrected chi connectivity index (χ3v) is 4.41. The highest BCUT2D eigenvalue weighted by Gasteiger charge is 2.09. The van der Waals surface area contributed by atoms with Crippen LogP contribution in [0, 0.1) is 17.0 Å². The van der Waals surface area contributed by atoms with Crippen molar-refractivity contribution >= 4 is 54.8 Å². The van der Waals surface area contributed by atoms with Crippen LogP contribution in [0.2, 0.25) is 5.02 Å². The zero-order valence-electron chi connectivity index (χ0n) is 11.0. The minimum atomic E-state index is -0.410. The summed E-state index contributed by atoms with van der Waals surface area (Å²) in [5.41, 5.74) is 2.68. The van der Waals surface area contributed by atoms with Crippen LogP contribution >= 0.6 is 43.5 Å². The molecule has 0 aliphatic rings. The van der Waals surface area contributed by atoms with Gasteiger partial charge in [-0.15, -0.1) is 0 Å². The Kier molecular flexibility index (Phi) is 5.24. The molecule has 4 nitrogen and oxygen atoms in total. The van der Waals surface area contributed by atoms with Gasteiger partial charge in [0.25, 0.3) is 5.69 Å². The van der Waals surface area contributed by atoms with Gasteiger partial charge in [0.1, 0.15) is 0 Å². The van der Waals surface area contributed by atoms with Crippen LogP contribution in [0.4, 0.5) is 11.4 Å². The van der Waals surface area contributed by atoms with Crippen LogP contribution in [-0.4, -0.2) is 4.92 Å². The van der Waals surface area contributed by atoms with Gasteiger partial charge in [-0.2, -0.15) is 0 Å². The monoisotopic (exact) mass is 432 g/mol. The van der Waals surface area contributed by atoms with Crippen molar-refractivity contribution in [1.82, 2.24) is 0 Å². The molecule has 110 valence electrons. The highest BCUT2D eigenvalue weighted by molar-refractivity contribution is 9.10. The Morgan fingerprint density at radius 3 is 2.62 bits per heavy atom. The maximum Gasteiger partial charge on any atom is 0.270 e. The summed E-state index contributed by atoms with van der Waals surface area (Å²) in [5.74, 6) is 0. The van der Waals surface area contributed by atoms with Gasteiger partial charge in [0.05, 0.1) is 10.6 Å². The number of nitro groups is 1. The van der Waals surface area contributed by atoms with Crippen molar-refractivity contribution in [2.45, 2.75) is 13.5 Å². The third-order valence-electron chi connectivity index (χ3n) is 2.88. The Labute approximate surface area is 143 Å². The molecule has 0 heterocycles. The number of aryl methyl sites for hydroxylation is 1. The Hall–Kier alpha value is -1.11. The molecule has 1 N–H and O–H groups in total. The average molecular weight is 435 g/mol. The summed E-state index contributed by atoms with van der Waals surface area (Å²) in [7, 11) is 0. The van der Waals surface area contributed by atoms with Crippen molar-refractivity contribution in [3.05, 3.63) is 65.5 Å². The summed E-state index contributed by atoms with van der Waals surface area (Å²) in [6.07, 6.45) is 0. The first-order valence-electron chi connectivity index (χ1n) is 6.00. The summed E-state index contributed by atoms with van der Waals surface area (Å²) < 4.78 is 1.57. The Morgan fingerprint density at radius 1 is 1.24 bits per heavy atom. The van der Waals surface area contributed by atoms with Gasteiger partial charge in [-0.1, -0.05) is 27.5 Å². The maximum atomic E-state index is 10.9. The van der Waals surface area contributed by atoms with Crippen LogP contribution in [0.1, 0.15) is 11.1 Å². The molecule has 0 amide bonds. The predicted octanol–water partition coefficient (Wildman–Crippen LogP) is 5.69. The molecule has 0 aliphatic carbocycles. The SMILES string of the molecule is Cc1cc(Br)c(NCc2cc(Br)cc([N+](=O)[O-])c2)cc1Cl. The summed E-state index contributed by atoms with van der Waals surface area (Å²) >= 11 is 12.9. The molecule has 21 heavy (non-hydrogen) atoms. The molecule has 0 atom stereocenters. The lowest BCUT2D eigenvalue weighted by atomic mass is 10.2. The van der Waals surface area contributed by atoms with Crippen molar-refractivity contribution in [1.29, 1.82) is 0 Å². The average Bonchev–Trinajstić information content (AvgIpc) is 2.40. The number of rotatable bonds is 4. The molecule has 0 aliphatic heterocycles. The molecular formula is C14H11Br2ClN2O2. The number of nitro benzene ring substituents is 1. The standard InChI is InChI=1S/C14H11Br2ClN2O2/c1-8-2-12(16)14(6-13(8)17)18-7-9-3-10(15)5-11(4-9)19(20)21/h2-6,18H,7H2,1H3. The fourth-order valence-corrected chi connectivity index (χ4v) is 3.11. The number of hydrogen-bond acceptors (Lipinski definition) is 3. The van der Waals surface area contributed by atoms with Gasteiger partial charge in [-0.05, 0) is 52.2 Å². The number of anilines is 1. The smallest absolute Gasteiger partial charge is 0.270 e. The highest BCUT2D eigenvalue weighted by Crippen LogP contribution is 2.30. The number of nitrogens with zero attached hydrogens (tertiary/aromatic N) is 1. The van der Waals surface area contributed by atoms with Gasteiger partial charge in [0.15, 0.2) is 0 Å². The minimum absolute atomic E-state index is 0.0576. The maximum absolute atomic E-state index is 10.9. The Morgan fingerprint density at radius 2 is 1.95 bits per heavy atom. The van der Waals surface area contributed by atoms with Crippen LogP contribution in [-0.2, 0) is 6.54 Å². The van der Waals surface area contributed by atoms with Crippen molar-refractivity contribution in [2.24, 2.45) is 0 Å². The molecule has 2 aromatic carbocycles.